The fraction of sp³-hybridized carbons (Fsp3) is 0.200. The van der Waals surface area contributed by atoms with Gasteiger partial charge in [0.1, 0.15) is 0 Å². The molecule has 0 fully saturated rings. The minimum atomic E-state index is -1.22. The molecule has 0 saturated heterocycles. The highest BCUT2D eigenvalue weighted by atomic mass is 16.5. The van der Waals surface area contributed by atoms with Crippen LogP contribution in [0, 0.1) is 0 Å². The van der Waals surface area contributed by atoms with E-state index in [4.69, 9.17) is 4.74 Å². The van der Waals surface area contributed by atoms with Crippen molar-refractivity contribution in [1.29, 1.82) is 0 Å². The van der Waals surface area contributed by atoms with E-state index < -0.39 is 29.8 Å². The molecule has 3 aromatic rings. The van der Waals surface area contributed by atoms with Gasteiger partial charge in [-0.15, -0.1) is 0 Å². The Kier molecular flexibility index (Phi) is 6.66. The molecule has 9 heteroatoms. The first-order chi connectivity index (χ1) is 18.7. The van der Waals surface area contributed by atoms with Crippen molar-refractivity contribution >= 4 is 40.9 Å². The molecule has 1 atom stereocenters. The number of ether oxygens (including phenoxy) is 1. The minimum absolute atomic E-state index is 0.0310. The number of rotatable bonds is 7. The van der Waals surface area contributed by atoms with Gasteiger partial charge in [0.2, 0.25) is 0 Å². The fourth-order valence-corrected chi connectivity index (χ4v) is 4.64. The van der Waals surface area contributed by atoms with Crippen LogP contribution in [0.2, 0.25) is 0 Å². The van der Waals surface area contributed by atoms with Crippen LogP contribution in [0.3, 0.4) is 0 Å². The number of imide groups is 1. The number of nitrogens with zero attached hydrogens (tertiary/aromatic N) is 1. The monoisotopic (exact) mass is 524 g/mol. The summed E-state index contributed by atoms with van der Waals surface area (Å²) in [6.07, 6.45) is 0.270. The Morgan fingerprint density at radius 3 is 2.10 bits per heavy atom. The molecular formula is C30H24N2O7. The molecule has 0 radical (unpaired) electrons. The van der Waals surface area contributed by atoms with Crippen molar-refractivity contribution in [3.8, 4) is 0 Å². The van der Waals surface area contributed by atoms with Crippen molar-refractivity contribution in [2.24, 2.45) is 0 Å². The first kappa shape index (κ1) is 25.7. The number of carbonyl (C=O) groups excluding carboxylic acids is 6. The van der Waals surface area contributed by atoms with E-state index in [0.29, 0.717) is 24.1 Å². The van der Waals surface area contributed by atoms with Crippen LogP contribution in [0.15, 0.2) is 60.7 Å². The van der Waals surface area contributed by atoms with Gasteiger partial charge in [0.15, 0.2) is 17.7 Å². The zero-order valence-corrected chi connectivity index (χ0v) is 21.3. The zero-order valence-electron chi connectivity index (χ0n) is 21.3. The van der Waals surface area contributed by atoms with Crippen LogP contribution in [0.1, 0.15) is 89.6 Å². The van der Waals surface area contributed by atoms with Crippen molar-refractivity contribution < 1.29 is 33.5 Å². The Morgan fingerprint density at radius 2 is 1.41 bits per heavy atom. The molecule has 0 saturated carbocycles. The van der Waals surface area contributed by atoms with Gasteiger partial charge in [-0.05, 0) is 49.7 Å². The highest BCUT2D eigenvalue weighted by Gasteiger charge is 2.36. The Bertz CT molecular complexity index is 1590. The van der Waals surface area contributed by atoms with Crippen molar-refractivity contribution in [2.45, 2.75) is 32.8 Å². The normalized spacial score (nSPS) is 14.5. The number of anilines is 1. The Labute approximate surface area is 223 Å². The second-order valence-corrected chi connectivity index (χ2v) is 9.38. The topological polar surface area (TPSA) is 127 Å². The minimum Gasteiger partial charge on any atom is -0.449 e. The molecule has 3 aromatic carbocycles. The number of ketones is 2. The molecule has 39 heavy (non-hydrogen) atoms. The molecule has 0 unspecified atom stereocenters. The maximum atomic E-state index is 12.9. The third-order valence-electron chi connectivity index (χ3n) is 6.79. The Hall–Kier alpha value is -4.92. The van der Waals surface area contributed by atoms with Gasteiger partial charge in [-0.3, -0.25) is 28.9 Å². The van der Waals surface area contributed by atoms with Gasteiger partial charge in [-0.25, -0.2) is 4.79 Å². The number of benzene rings is 3. The predicted molar refractivity (Wildman–Crippen MR) is 140 cm³/mol. The number of unbranched alkanes of at least 4 members (excludes halogenated alkanes) is 1. The molecule has 5 rings (SSSR count). The Morgan fingerprint density at radius 1 is 0.795 bits per heavy atom. The van der Waals surface area contributed by atoms with Gasteiger partial charge in [0, 0.05) is 34.5 Å². The SMILES string of the molecule is CCCCN1C(=O)c2ccc(C(=O)O[C@@H](C)C(=O)Nc3ccc4c(c3)C(=O)c3ccccc3C4=O)cc2C1=O. The van der Waals surface area contributed by atoms with Crippen LogP contribution in [0.5, 0.6) is 0 Å². The van der Waals surface area contributed by atoms with E-state index in [9.17, 15) is 28.8 Å². The number of esters is 1. The summed E-state index contributed by atoms with van der Waals surface area (Å²) in [5, 5.41) is 2.60. The van der Waals surface area contributed by atoms with Crippen LogP contribution in [-0.4, -0.2) is 52.8 Å². The van der Waals surface area contributed by atoms with Gasteiger partial charge >= 0.3 is 5.97 Å². The summed E-state index contributed by atoms with van der Waals surface area (Å²) in [6, 6.07) is 15.0. The number of carbonyl (C=O) groups is 6. The molecular weight excluding hydrogens is 500 g/mol. The average molecular weight is 525 g/mol. The molecule has 0 aromatic heterocycles. The number of fused-ring (bicyclic) bond motifs is 3. The largest absolute Gasteiger partial charge is 0.449 e. The lowest BCUT2D eigenvalue weighted by molar-refractivity contribution is -0.123. The first-order valence-corrected chi connectivity index (χ1v) is 12.6. The summed E-state index contributed by atoms with van der Waals surface area (Å²) in [4.78, 5) is 77.6. The molecule has 1 N–H and O–H groups in total. The maximum Gasteiger partial charge on any atom is 0.338 e. The highest BCUT2D eigenvalue weighted by Crippen LogP contribution is 2.29. The summed E-state index contributed by atoms with van der Waals surface area (Å²) < 4.78 is 5.30. The fourth-order valence-electron chi connectivity index (χ4n) is 4.64. The van der Waals surface area contributed by atoms with Gasteiger partial charge in [-0.1, -0.05) is 37.6 Å². The molecule has 0 spiro atoms. The lowest BCUT2D eigenvalue weighted by Gasteiger charge is -2.19. The third kappa shape index (κ3) is 4.52. The second-order valence-electron chi connectivity index (χ2n) is 9.38. The third-order valence-corrected chi connectivity index (χ3v) is 6.79. The Balaban J connectivity index is 1.27. The highest BCUT2D eigenvalue weighted by molar-refractivity contribution is 6.28. The predicted octanol–water partition coefficient (Wildman–Crippen LogP) is 4.04. The van der Waals surface area contributed by atoms with E-state index >= 15 is 0 Å². The van der Waals surface area contributed by atoms with Crippen LogP contribution < -0.4 is 5.32 Å². The average Bonchev–Trinajstić information content (AvgIpc) is 3.18. The molecule has 0 bridgehead atoms. The number of hydrogen-bond donors (Lipinski definition) is 1. The summed E-state index contributed by atoms with van der Waals surface area (Å²) in [5.41, 5.74) is 1.68. The van der Waals surface area contributed by atoms with E-state index in [1.807, 2.05) is 6.92 Å². The summed E-state index contributed by atoms with van der Waals surface area (Å²) in [6.45, 7) is 3.63. The summed E-state index contributed by atoms with van der Waals surface area (Å²) in [5.74, 6) is -2.96. The van der Waals surface area contributed by atoms with Crippen molar-refractivity contribution in [3.63, 3.8) is 0 Å². The summed E-state index contributed by atoms with van der Waals surface area (Å²) >= 11 is 0. The van der Waals surface area contributed by atoms with E-state index in [2.05, 4.69) is 5.32 Å². The molecule has 3 amide bonds. The van der Waals surface area contributed by atoms with Crippen LogP contribution in [0.4, 0.5) is 5.69 Å². The molecule has 1 aliphatic heterocycles. The quantitative estimate of drug-likeness (QED) is 0.286. The lowest BCUT2D eigenvalue weighted by Crippen LogP contribution is -2.30. The van der Waals surface area contributed by atoms with E-state index in [1.165, 1.54) is 43.3 Å². The number of amides is 3. The van der Waals surface area contributed by atoms with Crippen molar-refractivity contribution in [1.82, 2.24) is 4.90 Å². The number of nitrogens with one attached hydrogen (secondary N) is 1. The van der Waals surface area contributed by atoms with Crippen LogP contribution >= 0.6 is 0 Å². The van der Waals surface area contributed by atoms with Crippen LogP contribution in [0.25, 0.3) is 0 Å². The first-order valence-electron chi connectivity index (χ1n) is 12.6. The van der Waals surface area contributed by atoms with Crippen molar-refractivity contribution in [3.05, 3.63) is 99.6 Å². The maximum absolute atomic E-state index is 12.9. The van der Waals surface area contributed by atoms with Gasteiger partial charge in [0.05, 0.1) is 16.7 Å². The second kappa shape index (κ2) is 10.1. The molecule has 1 heterocycles. The summed E-state index contributed by atoms with van der Waals surface area (Å²) in [7, 11) is 0. The molecule has 2 aliphatic rings. The van der Waals surface area contributed by atoms with Gasteiger partial charge in [-0.2, -0.15) is 0 Å². The zero-order chi connectivity index (χ0) is 27.8. The molecule has 1 aliphatic carbocycles. The smallest absolute Gasteiger partial charge is 0.338 e. The molecule has 196 valence electrons. The standard InChI is InChI=1S/C30H24N2O7/c1-3-4-13-32-28(36)22-11-9-17(14-24(22)29(32)37)30(38)39-16(2)27(35)31-18-10-12-21-23(15-18)26(34)20-8-6-5-7-19(20)25(21)33/h5-12,14-16H,3-4,13H2,1-2H3,(H,31,35)/t16-/m0/s1. The number of hydrogen-bond acceptors (Lipinski definition) is 7. The van der Waals surface area contributed by atoms with Crippen LogP contribution in [-0.2, 0) is 9.53 Å². The van der Waals surface area contributed by atoms with Gasteiger partial charge < -0.3 is 10.1 Å². The van der Waals surface area contributed by atoms with E-state index in [0.717, 1.165) is 11.3 Å². The van der Waals surface area contributed by atoms with E-state index in [1.54, 1.807) is 24.3 Å². The van der Waals surface area contributed by atoms with E-state index in [-0.39, 0.29) is 45.1 Å². The molecule has 9 nitrogen and oxygen atoms in total. The van der Waals surface area contributed by atoms with Crippen molar-refractivity contribution in [2.75, 3.05) is 11.9 Å². The van der Waals surface area contributed by atoms with Gasteiger partial charge in [0.25, 0.3) is 17.7 Å². The lowest BCUT2D eigenvalue weighted by atomic mass is 9.84.